The first-order valence-corrected chi connectivity index (χ1v) is 8.64. The van der Waals surface area contributed by atoms with Crippen LogP contribution in [0.15, 0.2) is 29.3 Å². The van der Waals surface area contributed by atoms with E-state index in [2.05, 4.69) is 58.6 Å². The van der Waals surface area contributed by atoms with Crippen LogP contribution in [0.2, 0.25) is 0 Å². The van der Waals surface area contributed by atoms with Gasteiger partial charge >= 0.3 is 0 Å². The fourth-order valence-electron chi connectivity index (χ4n) is 2.77. The maximum absolute atomic E-state index is 4.60. The molecular formula is C18H30N4. The Labute approximate surface area is 135 Å². The van der Waals surface area contributed by atoms with Crippen LogP contribution in [0.25, 0.3) is 0 Å². The van der Waals surface area contributed by atoms with Crippen LogP contribution in [0, 0.1) is 0 Å². The van der Waals surface area contributed by atoms with Crippen LogP contribution in [0.5, 0.6) is 0 Å². The third-order valence-electron chi connectivity index (χ3n) is 4.06. The van der Waals surface area contributed by atoms with Crippen molar-refractivity contribution in [2.75, 3.05) is 32.7 Å². The van der Waals surface area contributed by atoms with Gasteiger partial charge in [0.05, 0.1) is 0 Å². The van der Waals surface area contributed by atoms with Gasteiger partial charge in [0, 0.05) is 39.3 Å². The van der Waals surface area contributed by atoms with E-state index in [1.165, 1.54) is 24.0 Å². The maximum Gasteiger partial charge on any atom is 0.191 e. The number of nitrogens with one attached hydrogen (secondary N) is 2. The molecule has 4 nitrogen and oxygen atoms in total. The molecule has 0 unspecified atom stereocenters. The second-order valence-corrected chi connectivity index (χ2v) is 5.84. The first kappa shape index (κ1) is 16.8. The Morgan fingerprint density at radius 3 is 2.77 bits per heavy atom. The normalized spacial score (nSPS) is 15.5. The second-order valence-electron chi connectivity index (χ2n) is 5.84. The summed E-state index contributed by atoms with van der Waals surface area (Å²) >= 11 is 0. The molecule has 0 fully saturated rings. The number of fused-ring (bicyclic) bond motifs is 1. The lowest BCUT2D eigenvalue weighted by molar-refractivity contribution is 0.258. The summed E-state index contributed by atoms with van der Waals surface area (Å²) < 4.78 is 0. The molecule has 0 aromatic heterocycles. The summed E-state index contributed by atoms with van der Waals surface area (Å²) in [6.07, 6.45) is 3.51. The molecule has 1 aliphatic heterocycles. The van der Waals surface area contributed by atoms with Gasteiger partial charge in [-0.05, 0) is 30.9 Å². The predicted molar refractivity (Wildman–Crippen MR) is 94.3 cm³/mol. The smallest absolute Gasteiger partial charge is 0.191 e. The number of nitrogens with zero attached hydrogens (tertiary/aromatic N) is 2. The number of hydrogen-bond acceptors (Lipinski definition) is 2. The molecule has 1 heterocycles. The molecule has 0 saturated carbocycles. The third-order valence-corrected chi connectivity index (χ3v) is 4.06. The zero-order chi connectivity index (χ0) is 15.6. The fraction of sp³-hybridized carbons (Fsp3) is 0.611. The number of guanidine groups is 1. The van der Waals surface area contributed by atoms with E-state index in [-0.39, 0.29) is 0 Å². The van der Waals surface area contributed by atoms with Crippen molar-refractivity contribution in [2.24, 2.45) is 4.99 Å². The van der Waals surface area contributed by atoms with Crippen molar-refractivity contribution in [1.82, 2.24) is 15.5 Å². The van der Waals surface area contributed by atoms with E-state index < -0.39 is 0 Å². The van der Waals surface area contributed by atoms with E-state index in [1.807, 2.05) is 0 Å². The van der Waals surface area contributed by atoms with Crippen LogP contribution in [-0.4, -0.2) is 43.6 Å². The van der Waals surface area contributed by atoms with Crippen molar-refractivity contribution in [2.45, 2.75) is 39.7 Å². The molecule has 0 spiro atoms. The lowest BCUT2D eigenvalue weighted by atomic mass is 10.00. The number of rotatable bonds is 7. The van der Waals surface area contributed by atoms with Gasteiger partial charge in [0.2, 0.25) is 0 Å². The number of aliphatic imine (C=N–C) groups is 1. The summed E-state index contributed by atoms with van der Waals surface area (Å²) in [5.41, 5.74) is 3.00. The Kier molecular flexibility index (Phi) is 7.23. The van der Waals surface area contributed by atoms with Gasteiger partial charge in [0.1, 0.15) is 0 Å². The van der Waals surface area contributed by atoms with E-state index in [4.69, 9.17) is 0 Å². The number of hydrogen-bond donors (Lipinski definition) is 2. The molecule has 1 aromatic carbocycles. The molecule has 0 aliphatic carbocycles. The Balaban J connectivity index is 1.74. The molecule has 1 aromatic rings. The topological polar surface area (TPSA) is 39.7 Å². The van der Waals surface area contributed by atoms with Gasteiger partial charge in [-0.3, -0.25) is 9.89 Å². The lowest BCUT2D eigenvalue weighted by Gasteiger charge is -2.28. The molecule has 22 heavy (non-hydrogen) atoms. The Morgan fingerprint density at radius 1 is 1.18 bits per heavy atom. The molecular weight excluding hydrogens is 272 g/mol. The molecule has 4 heteroatoms. The van der Waals surface area contributed by atoms with Gasteiger partial charge in [-0.15, -0.1) is 0 Å². The standard InChI is InChI=1S/C18H30N4/c1-3-5-11-20-18(19-4-2)21-12-14-22-13-10-16-8-6-7-9-17(16)15-22/h6-9H,3-5,10-15H2,1-2H3,(H2,19,20,21). The zero-order valence-corrected chi connectivity index (χ0v) is 14.1. The molecule has 0 atom stereocenters. The summed E-state index contributed by atoms with van der Waals surface area (Å²) in [5.74, 6) is 0.952. The highest BCUT2D eigenvalue weighted by atomic mass is 15.2. The first-order chi connectivity index (χ1) is 10.8. The molecule has 2 N–H and O–H groups in total. The second kappa shape index (κ2) is 9.46. The van der Waals surface area contributed by atoms with Crippen LogP contribution in [0.4, 0.5) is 0 Å². The summed E-state index contributed by atoms with van der Waals surface area (Å²) in [4.78, 5) is 7.12. The summed E-state index contributed by atoms with van der Waals surface area (Å²) in [7, 11) is 0. The lowest BCUT2D eigenvalue weighted by Crippen LogP contribution is -2.42. The Bertz CT molecular complexity index is 470. The van der Waals surface area contributed by atoms with Crippen molar-refractivity contribution < 1.29 is 0 Å². The quantitative estimate of drug-likeness (QED) is 0.461. The monoisotopic (exact) mass is 302 g/mol. The van der Waals surface area contributed by atoms with Gasteiger partial charge in [-0.1, -0.05) is 37.6 Å². The molecule has 0 bridgehead atoms. The SMILES string of the molecule is CCCCN=C(NCC)NCCN1CCc2ccccc2C1. The van der Waals surface area contributed by atoms with Gasteiger partial charge in [0.15, 0.2) is 5.96 Å². The van der Waals surface area contributed by atoms with Gasteiger partial charge in [0.25, 0.3) is 0 Å². The van der Waals surface area contributed by atoms with Crippen molar-refractivity contribution in [1.29, 1.82) is 0 Å². The van der Waals surface area contributed by atoms with E-state index in [0.29, 0.717) is 0 Å². The first-order valence-electron chi connectivity index (χ1n) is 8.64. The molecule has 0 saturated heterocycles. The number of unbranched alkanes of at least 4 members (excludes halogenated alkanes) is 1. The van der Waals surface area contributed by atoms with Crippen molar-refractivity contribution in [3.05, 3.63) is 35.4 Å². The van der Waals surface area contributed by atoms with Crippen molar-refractivity contribution >= 4 is 5.96 Å². The Morgan fingerprint density at radius 2 is 2.00 bits per heavy atom. The fourth-order valence-corrected chi connectivity index (χ4v) is 2.77. The largest absolute Gasteiger partial charge is 0.357 e. The van der Waals surface area contributed by atoms with E-state index in [1.54, 1.807) is 0 Å². The van der Waals surface area contributed by atoms with Gasteiger partial charge in [-0.25, -0.2) is 0 Å². The minimum absolute atomic E-state index is 0.906. The molecule has 122 valence electrons. The van der Waals surface area contributed by atoms with Crippen LogP contribution < -0.4 is 10.6 Å². The summed E-state index contributed by atoms with van der Waals surface area (Å²) in [6, 6.07) is 8.80. The highest BCUT2D eigenvalue weighted by Crippen LogP contribution is 2.17. The van der Waals surface area contributed by atoms with Crippen LogP contribution >= 0.6 is 0 Å². The zero-order valence-electron chi connectivity index (χ0n) is 14.1. The molecule has 1 aliphatic rings. The van der Waals surface area contributed by atoms with E-state index in [0.717, 1.165) is 51.6 Å². The van der Waals surface area contributed by atoms with Gasteiger partial charge < -0.3 is 10.6 Å². The predicted octanol–water partition coefficient (Wildman–Crippen LogP) is 2.40. The minimum Gasteiger partial charge on any atom is -0.357 e. The number of benzene rings is 1. The Hall–Kier alpha value is -1.55. The molecule has 2 rings (SSSR count). The van der Waals surface area contributed by atoms with Gasteiger partial charge in [-0.2, -0.15) is 0 Å². The summed E-state index contributed by atoms with van der Waals surface area (Å²) in [5, 5.41) is 6.76. The minimum atomic E-state index is 0.906. The van der Waals surface area contributed by atoms with E-state index in [9.17, 15) is 0 Å². The van der Waals surface area contributed by atoms with E-state index >= 15 is 0 Å². The molecule has 0 amide bonds. The van der Waals surface area contributed by atoms with Crippen LogP contribution in [0.1, 0.15) is 37.8 Å². The van der Waals surface area contributed by atoms with Crippen LogP contribution in [0.3, 0.4) is 0 Å². The third kappa shape index (κ3) is 5.34. The maximum atomic E-state index is 4.60. The summed E-state index contributed by atoms with van der Waals surface area (Å²) in [6.45, 7) is 10.4. The highest BCUT2D eigenvalue weighted by Gasteiger charge is 2.14. The van der Waals surface area contributed by atoms with Crippen LogP contribution in [-0.2, 0) is 13.0 Å². The van der Waals surface area contributed by atoms with Crippen molar-refractivity contribution in [3.63, 3.8) is 0 Å². The highest BCUT2D eigenvalue weighted by molar-refractivity contribution is 5.79. The average molecular weight is 302 g/mol. The molecule has 0 radical (unpaired) electrons. The van der Waals surface area contributed by atoms with Crippen molar-refractivity contribution in [3.8, 4) is 0 Å². The average Bonchev–Trinajstić information content (AvgIpc) is 2.55.